The van der Waals surface area contributed by atoms with Crippen LogP contribution in [0.2, 0.25) is 5.02 Å². The van der Waals surface area contributed by atoms with E-state index in [9.17, 15) is 31.9 Å². The Morgan fingerprint density at radius 1 is 1.03 bits per heavy atom. The molecule has 1 fully saturated rings. The third-order valence-corrected chi connectivity index (χ3v) is 5.57. The van der Waals surface area contributed by atoms with Gasteiger partial charge in [0.05, 0.1) is 22.2 Å². The van der Waals surface area contributed by atoms with Gasteiger partial charge in [0.2, 0.25) is 5.91 Å². The van der Waals surface area contributed by atoms with Crippen LogP contribution < -0.4 is 16.0 Å². The number of alkyl halides is 4. The lowest BCUT2D eigenvalue weighted by Crippen LogP contribution is -2.22. The maximum Gasteiger partial charge on any atom is 0.315 e. The standard InChI is InChI=1S/C19H12Cl3F4N3O3/c20-10-2-1-7(27-17(31)9-6-19(9,21)22)5-8(10)16(30)28-12-4-3-11(23)14(13(12)24)29-18(32)15(25)26/h1-5,9,15H,6H2,(H,27,31)(H,28,30)(H,29,32). The van der Waals surface area contributed by atoms with E-state index in [0.29, 0.717) is 6.07 Å². The van der Waals surface area contributed by atoms with Crippen molar-refractivity contribution in [2.24, 2.45) is 5.92 Å². The van der Waals surface area contributed by atoms with Crippen LogP contribution in [0.1, 0.15) is 16.8 Å². The monoisotopic (exact) mass is 511 g/mol. The molecule has 3 amide bonds. The average Bonchev–Trinajstić information content (AvgIpc) is 3.36. The molecular weight excluding hydrogens is 501 g/mol. The van der Waals surface area contributed by atoms with Gasteiger partial charge in [-0.3, -0.25) is 14.4 Å². The lowest BCUT2D eigenvalue weighted by molar-refractivity contribution is -0.126. The fourth-order valence-corrected chi connectivity index (χ4v) is 3.35. The molecule has 0 heterocycles. The quantitative estimate of drug-likeness (QED) is 0.367. The van der Waals surface area contributed by atoms with E-state index in [0.717, 1.165) is 6.07 Å². The summed E-state index contributed by atoms with van der Waals surface area (Å²) in [6.07, 6.45) is -3.25. The fraction of sp³-hybridized carbons (Fsp3) is 0.211. The second-order valence-corrected chi connectivity index (χ2v) is 8.68. The van der Waals surface area contributed by atoms with E-state index in [4.69, 9.17) is 34.8 Å². The number of amides is 3. The predicted molar refractivity (Wildman–Crippen MR) is 112 cm³/mol. The van der Waals surface area contributed by atoms with Crippen LogP contribution in [0, 0.1) is 17.6 Å². The van der Waals surface area contributed by atoms with Crippen molar-refractivity contribution in [1.29, 1.82) is 0 Å². The second kappa shape index (κ2) is 9.13. The van der Waals surface area contributed by atoms with Gasteiger partial charge in [-0.15, -0.1) is 23.2 Å². The molecule has 1 aliphatic rings. The van der Waals surface area contributed by atoms with Crippen molar-refractivity contribution in [3.8, 4) is 0 Å². The van der Waals surface area contributed by atoms with Crippen LogP contribution in [0.25, 0.3) is 0 Å². The number of hydrogen-bond acceptors (Lipinski definition) is 3. The minimum absolute atomic E-state index is 0.0651. The third kappa shape index (κ3) is 5.25. The van der Waals surface area contributed by atoms with E-state index in [1.807, 2.05) is 0 Å². The maximum absolute atomic E-state index is 14.5. The normalized spacial score (nSPS) is 16.4. The second-order valence-electron chi connectivity index (χ2n) is 6.73. The predicted octanol–water partition coefficient (Wildman–Crippen LogP) is 5.21. The number of halogens is 7. The van der Waals surface area contributed by atoms with Gasteiger partial charge in [-0.1, -0.05) is 11.6 Å². The highest BCUT2D eigenvalue weighted by molar-refractivity contribution is 6.52. The SMILES string of the molecule is O=C(Nc1ccc(F)c(NC(=O)C(F)F)c1F)c1cc(NC(=O)C2CC2(Cl)Cl)ccc1Cl. The van der Waals surface area contributed by atoms with E-state index in [1.165, 1.54) is 23.5 Å². The molecule has 2 aromatic carbocycles. The summed E-state index contributed by atoms with van der Waals surface area (Å²) in [4.78, 5) is 35.8. The van der Waals surface area contributed by atoms with Crippen molar-refractivity contribution in [2.75, 3.05) is 16.0 Å². The average molecular weight is 513 g/mol. The highest BCUT2D eigenvalue weighted by Crippen LogP contribution is 2.53. The first-order valence-corrected chi connectivity index (χ1v) is 9.90. The molecular formula is C19H12Cl3F4N3O3. The number of hydrogen-bond donors (Lipinski definition) is 3. The summed E-state index contributed by atoms with van der Waals surface area (Å²) in [6.45, 7) is 0. The zero-order chi connectivity index (χ0) is 23.8. The Morgan fingerprint density at radius 2 is 1.69 bits per heavy atom. The molecule has 0 radical (unpaired) electrons. The number of rotatable bonds is 6. The lowest BCUT2D eigenvalue weighted by Gasteiger charge is -2.13. The van der Waals surface area contributed by atoms with Crippen LogP contribution in [0.5, 0.6) is 0 Å². The topological polar surface area (TPSA) is 87.3 Å². The molecule has 1 unspecified atom stereocenters. The molecule has 1 atom stereocenters. The lowest BCUT2D eigenvalue weighted by atomic mass is 10.1. The van der Waals surface area contributed by atoms with Gasteiger partial charge in [0.1, 0.15) is 15.8 Å². The van der Waals surface area contributed by atoms with Gasteiger partial charge < -0.3 is 16.0 Å². The van der Waals surface area contributed by atoms with Gasteiger partial charge in [-0.25, -0.2) is 8.78 Å². The number of benzene rings is 2. The summed E-state index contributed by atoms with van der Waals surface area (Å²) in [5.74, 6) is -6.81. The zero-order valence-electron chi connectivity index (χ0n) is 15.6. The van der Waals surface area contributed by atoms with Crippen LogP contribution in [-0.4, -0.2) is 28.5 Å². The minimum atomic E-state index is -3.51. The summed E-state index contributed by atoms with van der Waals surface area (Å²) in [6, 6.07) is 5.39. The van der Waals surface area contributed by atoms with Crippen LogP contribution in [0.3, 0.4) is 0 Å². The zero-order valence-corrected chi connectivity index (χ0v) is 17.9. The number of carbonyl (C=O) groups is 3. The molecule has 13 heteroatoms. The molecule has 2 aromatic rings. The van der Waals surface area contributed by atoms with Crippen molar-refractivity contribution in [3.63, 3.8) is 0 Å². The van der Waals surface area contributed by atoms with Gasteiger partial charge in [0.15, 0.2) is 5.82 Å². The Balaban J connectivity index is 1.80. The summed E-state index contributed by atoms with van der Waals surface area (Å²) in [7, 11) is 0. The van der Waals surface area contributed by atoms with Gasteiger partial charge in [-0.05, 0) is 36.8 Å². The smallest absolute Gasteiger partial charge is 0.315 e. The molecule has 0 spiro atoms. The maximum atomic E-state index is 14.5. The highest BCUT2D eigenvalue weighted by atomic mass is 35.5. The van der Waals surface area contributed by atoms with Crippen molar-refractivity contribution >= 4 is 69.6 Å². The van der Waals surface area contributed by atoms with Crippen molar-refractivity contribution in [1.82, 2.24) is 0 Å². The summed E-state index contributed by atoms with van der Waals surface area (Å²) in [5.41, 5.74) is -1.79. The highest BCUT2D eigenvalue weighted by Gasteiger charge is 2.56. The van der Waals surface area contributed by atoms with E-state index >= 15 is 0 Å². The van der Waals surface area contributed by atoms with Crippen LogP contribution >= 0.6 is 34.8 Å². The molecule has 170 valence electrons. The van der Waals surface area contributed by atoms with Gasteiger partial charge in [-0.2, -0.15) is 8.78 Å². The molecule has 3 rings (SSSR count). The summed E-state index contributed by atoms with van der Waals surface area (Å²) < 4.78 is 51.9. The van der Waals surface area contributed by atoms with E-state index in [-0.39, 0.29) is 22.7 Å². The van der Waals surface area contributed by atoms with Crippen LogP contribution in [0.15, 0.2) is 30.3 Å². The summed E-state index contributed by atoms with van der Waals surface area (Å²) in [5, 5.41) is 5.97. The fourth-order valence-electron chi connectivity index (χ4n) is 2.64. The first-order chi connectivity index (χ1) is 14.9. The number of anilines is 3. The molecule has 0 saturated heterocycles. The third-order valence-electron chi connectivity index (χ3n) is 4.41. The Morgan fingerprint density at radius 3 is 2.28 bits per heavy atom. The van der Waals surface area contributed by atoms with Gasteiger partial charge >= 0.3 is 6.43 Å². The summed E-state index contributed by atoms with van der Waals surface area (Å²) >= 11 is 17.7. The van der Waals surface area contributed by atoms with Crippen LogP contribution in [0.4, 0.5) is 34.6 Å². The Kier molecular flexibility index (Phi) is 6.87. The van der Waals surface area contributed by atoms with Crippen molar-refractivity contribution in [3.05, 3.63) is 52.6 Å². The first-order valence-electron chi connectivity index (χ1n) is 8.77. The Hall–Kier alpha value is -2.56. The molecule has 1 saturated carbocycles. The molecule has 32 heavy (non-hydrogen) atoms. The van der Waals surface area contributed by atoms with Crippen molar-refractivity contribution < 1.29 is 31.9 Å². The number of carbonyl (C=O) groups excluding carboxylic acids is 3. The van der Waals surface area contributed by atoms with Crippen molar-refractivity contribution in [2.45, 2.75) is 17.2 Å². The molecule has 0 bridgehead atoms. The van der Waals surface area contributed by atoms with E-state index < -0.39 is 57.4 Å². The molecule has 0 aliphatic heterocycles. The minimum Gasteiger partial charge on any atom is -0.326 e. The molecule has 0 aromatic heterocycles. The van der Waals surface area contributed by atoms with E-state index in [1.54, 1.807) is 0 Å². The number of nitrogens with one attached hydrogen (secondary N) is 3. The van der Waals surface area contributed by atoms with Gasteiger partial charge in [0, 0.05) is 5.69 Å². The largest absolute Gasteiger partial charge is 0.326 e. The molecule has 1 aliphatic carbocycles. The Bertz CT molecular complexity index is 1110. The first kappa shape index (κ1) is 24.1. The Labute approximate surface area is 193 Å². The van der Waals surface area contributed by atoms with Crippen LogP contribution in [-0.2, 0) is 9.59 Å². The van der Waals surface area contributed by atoms with Gasteiger partial charge in [0.25, 0.3) is 11.8 Å². The molecule has 3 N–H and O–H groups in total. The molecule has 6 nitrogen and oxygen atoms in total. The van der Waals surface area contributed by atoms with E-state index in [2.05, 4.69) is 10.6 Å².